The van der Waals surface area contributed by atoms with Gasteiger partial charge in [-0.05, 0) is 115 Å². The molecular weight excluding hydrogens is 512 g/mol. The first-order valence-electron chi connectivity index (χ1n) is 17.2. The van der Waals surface area contributed by atoms with Gasteiger partial charge in [0.1, 0.15) is 6.10 Å². The van der Waals surface area contributed by atoms with Crippen LogP contribution in [0.5, 0.6) is 0 Å². The van der Waals surface area contributed by atoms with Crippen LogP contribution < -0.4 is 0 Å². The van der Waals surface area contributed by atoms with E-state index in [1.54, 1.807) is 5.57 Å². The lowest BCUT2D eigenvalue weighted by atomic mass is 9.47. The number of esters is 1. The van der Waals surface area contributed by atoms with Crippen LogP contribution in [0, 0.1) is 46.3 Å². The summed E-state index contributed by atoms with van der Waals surface area (Å²) in [5.74, 6) is 4.95. The minimum Gasteiger partial charge on any atom is -0.458 e. The molecule has 6 rings (SSSR count). The molecule has 0 bridgehead atoms. The molecule has 0 unspecified atom stereocenters. The molecular formula is C40H54O2. The quantitative estimate of drug-likeness (QED) is 0.235. The second kappa shape index (κ2) is 12.0. The highest BCUT2D eigenvalue weighted by Crippen LogP contribution is 2.67. The maximum atomic E-state index is 13.1. The number of benzene rings is 2. The molecule has 2 heteroatoms. The summed E-state index contributed by atoms with van der Waals surface area (Å²) in [6.07, 6.45) is 16.8. The van der Waals surface area contributed by atoms with Gasteiger partial charge < -0.3 is 4.74 Å². The van der Waals surface area contributed by atoms with E-state index in [-0.39, 0.29) is 17.5 Å². The number of allylic oxidation sites excluding steroid dienone is 1. The van der Waals surface area contributed by atoms with Gasteiger partial charge in [-0.1, -0.05) is 108 Å². The van der Waals surface area contributed by atoms with E-state index in [9.17, 15) is 4.79 Å². The Labute approximate surface area is 255 Å². The fourth-order valence-electron chi connectivity index (χ4n) is 10.4. The van der Waals surface area contributed by atoms with Gasteiger partial charge in [0.25, 0.3) is 0 Å². The summed E-state index contributed by atoms with van der Waals surface area (Å²) < 4.78 is 6.15. The van der Waals surface area contributed by atoms with Crippen LogP contribution in [0.4, 0.5) is 0 Å². The van der Waals surface area contributed by atoms with Crippen molar-refractivity contribution in [2.24, 2.45) is 46.3 Å². The molecule has 0 radical (unpaired) electrons. The van der Waals surface area contributed by atoms with Crippen molar-refractivity contribution in [2.45, 2.75) is 111 Å². The maximum Gasteiger partial charge on any atom is 0.338 e. The Bertz CT molecular complexity index is 1260. The van der Waals surface area contributed by atoms with Crippen LogP contribution in [0.1, 0.15) is 116 Å². The molecule has 226 valence electrons. The molecule has 0 amide bonds. The van der Waals surface area contributed by atoms with E-state index in [0.717, 1.165) is 60.3 Å². The van der Waals surface area contributed by atoms with Crippen molar-refractivity contribution in [1.29, 1.82) is 0 Å². The predicted octanol–water partition coefficient (Wildman–Crippen LogP) is 10.9. The standard InChI is InChI=1S/C40H54O2/c1-27(2)10-9-11-28(3)35-20-21-36-34-19-18-32-26-33(22-24-39(32,4)37(34)23-25-40(35,36)5)42-38(41)31-16-14-30(15-17-31)29-12-7-6-8-13-29/h6-8,12-18,27-28,33-37H,9-11,19-26H2,1-5H3/t28-,33+,34+,35-,36+,37+,39+,40-/m1/s1. The molecule has 2 nitrogen and oxygen atoms in total. The summed E-state index contributed by atoms with van der Waals surface area (Å²) >= 11 is 0. The minimum absolute atomic E-state index is 0.00131. The van der Waals surface area contributed by atoms with Crippen LogP contribution in [0.3, 0.4) is 0 Å². The Morgan fingerprint density at radius 3 is 2.33 bits per heavy atom. The van der Waals surface area contributed by atoms with Crippen LogP contribution in [0.15, 0.2) is 66.2 Å². The van der Waals surface area contributed by atoms with Gasteiger partial charge in [-0.15, -0.1) is 0 Å². The van der Waals surface area contributed by atoms with Crippen LogP contribution in [-0.2, 0) is 4.74 Å². The Balaban J connectivity index is 1.09. The van der Waals surface area contributed by atoms with Gasteiger partial charge in [0.2, 0.25) is 0 Å². The number of carbonyl (C=O) groups is 1. The summed E-state index contributed by atoms with van der Waals surface area (Å²) in [5.41, 5.74) is 5.35. The molecule has 0 saturated heterocycles. The third-order valence-electron chi connectivity index (χ3n) is 12.8. The van der Waals surface area contributed by atoms with Gasteiger partial charge in [-0.3, -0.25) is 0 Å². The van der Waals surface area contributed by atoms with Crippen molar-refractivity contribution in [3.05, 3.63) is 71.8 Å². The summed E-state index contributed by atoms with van der Waals surface area (Å²) in [5, 5.41) is 0. The van der Waals surface area contributed by atoms with Gasteiger partial charge in [0.15, 0.2) is 0 Å². The van der Waals surface area contributed by atoms with Gasteiger partial charge >= 0.3 is 5.97 Å². The monoisotopic (exact) mass is 566 g/mol. The molecule has 8 atom stereocenters. The van der Waals surface area contributed by atoms with Crippen LogP contribution in [0.2, 0.25) is 0 Å². The van der Waals surface area contributed by atoms with Crippen molar-refractivity contribution < 1.29 is 9.53 Å². The highest BCUT2D eigenvalue weighted by molar-refractivity contribution is 5.90. The van der Waals surface area contributed by atoms with Crippen molar-refractivity contribution in [2.75, 3.05) is 0 Å². The Morgan fingerprint density at radius 1 is 0.857 bits per heavy atom. The van der Waals surface area contributed by atoms with E-state index < -0.39 is 0 Å². The van der Waals surface area contributed by atoms with Gasteiger partial charge in [-0.2, -0.15) is 0 Å². The Hall–Kier alpha value is -2.35. The lowest BCUT2D eigenvalue weighted by molar-refractivity contribution is -0.0594. The number of carbonyl (C=O) groups excluding carboxylic acids is 1. The van der Waals surface area contributed by atoms with Gasteiger partial charge in [0, 0.05) is 6.42 Å². The fourth-order valence-corrected chi connectivity index (χ4v) is 10.4. The van der Waals surface area contributed by atoms with Crippen molar-refractivity contribution in [3.8, 4) is 11.1 Å². The SMILES string of the molecule is CC(C)CCC[C@@H](C)[C@H]1CC[C@H]2[C@@H]3CC=C4C[C@@H](OC(=O)c5ccc(-c6ccccc6)cc5)CC[C@]4(C)[C@H]3CC[C@]12C. The zero-order valence-corrected chi connectivity index (χ0v) is 26.9. The zero-order valence-electron chi connectivity index (χ0n) is 26.9. The first-order chi connectivity index (χ1) is 20.2. The molecule has 3 fully saturated rings. The lowest BCUT2D eigenvalue weighted by Crippen LogP contribution is -2.51. The first kappa shape index (κ1) is 29.7. The molecule has 0 aliphatic heterocycles. The van der Waals surface area contributed by atoms with E-state index in [2.05, 4.69) is 52.8 Å². The molecule has 2 aromatic rings. The number of hydrogen-bond donors (Lipinski definition) is 0. The number of fused-ring (bicyclic) bond motifs is 5. The van der Waals surface area contributed by atoms with Crippen LogP contribution in [-0.4, -0.2) is 12.1 Å². The summed E-state index contributed by atoms with van der Waals surface area (Å²) in [6, 6.07) is 18.2. The Morgan fingerprint density at radius 2 is 1.60 bits per heavy atom. The van der Waals surface area contributed by atoms with Crippen LogP contribution >= 0.6 is 0 Å². The minimum atomic E-state index is -0.176. The van der Waals surface area contributed by atoms with E-state index in [0.29, 0.717) is 11.0 Å². The normalized spacial score (nSPS) is 34.6. The van der Waals surface area contributed by atoms with Crippen molar-refractivity contribution in [1.82, 2.24) is 0 Å². The molecule has 4 aliphatic carbocycles. The molecule has 0 spiro atoms. The summed E-state index contributed by atoms with van der Waals surface area (Å²) in [7, 11) is 0. The Kier molecular flexibility index (Phi) is 8.47. The molecule has 3 saturated carbocycles. The zero-order chi connectivity index (χ0) is 29.5. The van der Waals surface area contributed by atoms with Crippen molar-refractivity contribution >= 4 is 5.97 Å². The van der Waals surface area contributed by atoms with E-state index >= 15 is 0 Å². The topological polar surface area (TPSA) is 26.3 Å². The van der Waals surface area contributed by atoms with Crippen molar-refractivity contribution in [3.63, 3.8) is 0 Å². The largest absolute Gasteiger partial charge is 0.458 e. The molecule has 42 heavy (non-hydrogen) atoms. The second-order valence-electron chi connectivity index (χ2n) is 15.5. The van der Waals surface area contributed by atoms with Crippen LogP contribution in [0.25, 0.3) is 11.1 Å². The first-order valence-corrected chi connectivity index (χ1v) is 17.2. The molecule has 0 aromatic heterocycles. The number of hydrogen-bond acceptors (Lipinski definition) is 2. The maximum absolute atomic E-state index is 13.1. The second-order valence-corrected chi connectivity index (χ2v) is 15.5. The fraction of sp³-hybridized carbons (Fsp3) is 0.625. The number of ether oxygens (including phenoxy) is 1. The summed E-state index contributed by atoms with van der Waals surface area (Å²) in [4.78, 5) is 13.1. The van der Waals surface area contributed by atoms with E-state index in [1.807, 2.05) is 42.5 Å². The average Bonchev–Trinajstić information content (AvgIpc) is 3.35. The highest BCUT2D eigenvalue weighted by atomic mass is 16.5. The molecule has 0 heterocycles. The molecule has 2 aromatic carbocycles. The molecule has 0 N–H and O–H groups in total. The smallest absolute Gasteiger partial charge is 0.338 e. The van der Waals surface area contributed by atoms with E-state index in [1.165, 1.54) is 56.9 Å². The molecule has 4 aliphatic rings. The van der Waals surface area contributed by atoms with Gasteiger partial charge in [-0.25, -0.2) is 4.79 Å². The third kappa shape index (κ3) is 5.53. The highest BCUT2D eigenvalue weighted by Gasteiger charge is 2.59. The summed E-state index contributed by atoms with van der Waals surface area (Å²) in [6.45, 7) is 12.6. The predicted molar refractivity (Wildman–Crippen MR) is 174 cm³/mol. The third-order valence-corrected chi connectivity index (χ3v) is 12.8. The van der Waals surface area contributed by atoms with Gasteiger partial charge in [0.05, 0.1) is 5.56 Å². The van der Waals surface area contributed by atoms with E-state index in [4.69, 9.17) is 4.74 Å². The number of rotatable bonds is 8. The lowest BCUT2D eigenvalue weighted by Gasteiger charge is -2.58. The average molecular weight is 567 g/mol.